The second-order valence-electron chi connectivity index (χ2n) is 9.31. The Morgan fingerprint density at radius 1 is 1.00 bits per heavy atom. The van der Waals surface area contributed by atoms with Gasteiger partial charge in [0.1, 0.15) is 40.4 Å². The first-order chi connectivity index (χ1) is 17.0. The average Bonchev–Trinajstić information content (AvgIpc) is 3.40. The Morgan fingerprint density at radius 3 is 2.43 bits per heavy atom. The van der Waals surface area contributed by atoms with Crippen LogP contribution < -0.4 is 14.2 Å². The Hall–Kier alpha value is -3.71. The summed E-state index contributed by atoms with van der Waals surface area (Å²) in [4.78, 5) is 13.3. The summed E-state index contributed by atoms with van der Waals surface area (Å²) in [6, 6.07) is 15.7. The molecule has 3 heterocycles. The molecule has 7 nitrogen and oxygen atoms in total. The van der Waals surface area contributed by atoms with E-state index in [0.717, 1.165) is 36.0 Å². The van der Waals surface area contributed by atoms with Gasteiger partial charge >= 0.3 is 0 Å². The molecule has 0 aromatic heterocycles. The third kappa shape index (κ3) is 3.86. The van der Waals surface area contributed by atoms with Crippen LogP contribution in [0.1, 0.15) is 58.3 Å². The van der Waals surface area contributed by atoms with Gasteiger partial charge in [0.25, 0.3) is 0 Å². The zero-order valence-corrected chi connectivity index (χ0v) is 19.3. The second kappa shape index (κ2) is 8.50. The highest BCUT2D eigenvalue weighted by Gasteiger charge is 2.48. The van der Waals surface area contributed by atoms with Crippen LogP contribution in [-0.2, 0) is 11.2 Å². The van der Waals surface area contributed by atoms with Crippen molar-refractivity contribution in [2.45, 2.75) is 50.1 Å². The van der Waals surface area contributed by atoms with Crippen molar-refractivity contribution < 1.29 is 34.0 Å². The number of phenols is 2. The maximum Gasteiger partial charge on any atom is 0.207 e. The fourth-order valence-electron chi connectivity index (χ4n) is 5.35. The first-order valence-electron chi connectivity index (χ1n) is 11.8. The van der Waals surface area contributed by atoms with E-state index in [2.05, 4.69) is 0 Å². The van der Waals surface area contributed by atoms with Crippen LogP contribution in [0.4, 0.5) is 0 Å². The van der Waals surface area contributed by atoms with Gasteiger partial charge in [-0.1, -0.05) is 24.3 Å². The van der Waals surface area contributed by atoms with Crippen LogP contribution in [0.5, 0.6) is 28.7 Å². The molecule has 0 amide bonds. The number of methoxy groups -OCH3 is 1. The largest absolute Gasteiger partial charge is 0.508 e. The van der Waals surface area contributed by atoms with Crippen LogP contribution >= 0.6 is 0 Å². The lowest BCUT2D eigenvalue weighted by Crippen LogP contribution is -2.22. The van der Waals surface area contributed by atoms with E-state index in [1.54, 1.807) is 42.5 Å². The molecule has 3 aliphatic rings. The number of carbonyl (C=O) groups is 1. The Balaban J connectivity index is 1.28. The van der Waals surface area contributed by atoms with Crippen molar-refractivity contribution in [1.29, 1.82) is 0 Å². The zero-order valence-electron chi connectivity index (χ0n) is 19.3. The summed E-state index contributed by atoms with van der Waals surface area (Å²) in [7, 11) is 1.53. The fourth-order valence-corrected chi connectivity index (χ4v) is 5.35. The van der Waals surface area contributed by atoms with Gasteiger partial charge in [-0.2, -0.15) is 0 Å². The predicted octanol–water partition coefficient (Wildman–Crippen LogP) is 5.04. The highest BCUT2D eigenvalue weighted by Crippen LogP contribution is 2.56. The molecule has 0 radical (unpaired) electrons. The second-order valence-corrected chi connectivity index (χ2v) is 9.31. The molecule has 3 aromatic carbocycles. The van der Waals surface area contributed by atoms with E-state index in [1.807, 2.05) is 12.1 Å². The Kier molecular flexibility index (Phi) is 5.29. The first-order valence-corrected chi connectivity index (χ1v) is 11.8. The molecule has 7 heteroatoms. The smallest absolute Gasteiger partial charge is 0.207 e. The number of benzene rings is 3. The van der Waals surface area contributed by atoms with Crippen molar-refractivity contribution in [1.82, 2.24) is 0 Å². The summed E-state index contributed by atoms with van der Waals surface area (Å²) in [5.41, 5.74) is 3.29. The van der Waals surface area contributed by atoms with E-state index >= 15 is 0 Å². The molecule has 3 aliphatic heterocycles. The third-order valence-corrected chi connectivity index (χ3v) is 7.12. The molecule has 0 saturated carbocycles. The van der Waals surface area contributed by atoms with E-state index in [1.165, 1.54) is 7.11 Å². The molecule has 3 aromatic rings. The normalized spacial score (nSPS) is 24.2. The molecular weight excluding hydrogens is 448 g/mol. The number of Topliss-reactive ketones (excluding diaryl/α,β-unsaturated/α-hetero) is 1. The van der Waals surface area contributed by atoms with Gasteiger partial charge in [0.2, 0.25) is 6.29 Å². The number of aryl methyl sites for hydroxylation is 1. The van der Waals surface area contributed by atoms with E-state index < -0.39 is 12.4 Å². The molecule has 0 bridgehead atoms. The maximum atomic E-state index is 13.3. The van der Waals surface area contributed by atoms with Crippen LogP contribution in [0.2, 0.25) is 0 Å². The molecule has 0 aliphatic carbocycles. The Bertz CT molecular complexity index is 1270. The quantitative estimate of drug-likeness (QED) is 0.535. The number of fused-ring (bicyclic) bond motifs is 5. The number of rotatable bonds is 5. The van der Waals surface area contributed by atoms with Crippen LogP contribution in [-0.4, -0.2) is 35.5 Å². The minimum atomic E-state index is -0.460. The molecule has 1 fully saturated rings. The van der Waals surface area contributed by atoms with Crippen LogP contribution in [0.25, 0.3) is 0 Å². The highest BCUT2D eigenvalue weighted by atomic mass is 16.7. The third-order valence-electron chi connectivity index (χ3n) is 7.12. The van der Waals surface area contributed by atoms with Crippen molar-refractivity contribution in [2.24, 2.45) is 0 Å². The van der Waals surface area contributed by atoms with Gasteiger partial charge in [0, 0.05) is 11.6 Å². The molecule has 1 saturated heterocycles. The predicted molar refractivity (Wildman–Crippen MR) is 126 cm³/mol. The van der Waals surface area contributed by atoms with Gasteiger partial charge in [-0.3, -0.25) is 4.79 Å². The lowest BCUT2D eigenvalue weighted by Gasteiger charge is -2.29. The lowest BCUT2D eigenvalue weighted by atomic mass is 9.88. The summed E-state index contributed by atoms with van der Waals surface area (Å²) in [6.07, 6.45) is 1.72. The summed E-state index contributed by atoms with van der Waals surface area (Å²) in [6.45, 7) is 0. The molecule has 35 heavy (non-hydrogen) atoms. The minimum Gasteiger partial charge on any atom is -0.508 e. The Labute approximate surface area is 202 Å². The number of phenolic OH excluding ortho intramolecular Hbond substituents is 2. The summed E-state index contributed by atoms with van der Waals surface area (Å²) in [5.74, 6) is 1.92. The van der Waals surface area contributed by atoms with Gasteiger partial charge in [-0.15, -0.1) is 0 Å². The van der Waals surface area contributed by atoms with E-state index in [0.29, 0.717) is 22.8 Å². The number of carbonyl (C=O) groups excluding carboxylic acids is 1. The zero-order chi connectivity index (χ0) is 24.1. The number of hydrogen-bond acceptors (Lipinski definition) is 7. The molecule has 6 rings (SSSR count). The standard InChI is InChI=1S/C28H26O7/c1-32-23-14-24-25(27-26(23)21(31)13-22(34-27)16-5-9-18(30)10-6-16)20-12-19(33-28(20)35-24)11-4-15-2-7-17(29)8-3-15/h2-3,5-10,14,19-20,22,28-30H,4,11-13H2,1H3/t19-,20-,22-,28+/m0/s1. The van der Waals surface area contributed by atoms with Crippen LogP contribution in [0, 0.1) is 0 Å². The first kappa shape index (κ1) is 21.8. The van der Waals surface area contributed by atoms with Crippen LogP contribution in [0.15, 0.2) is 54.6 Å². The van der Waals surface area contributed by atoms with Crippen molar-refractivity contribution >= 4 is 5.78 Å². The molecule has 4 atom stereocenters. The lowest BCUT2D eigenvalue weighted by molar-refractivity contribution is -0.0700. The number of hydrogen-bond donors (Lipinski definition) is 2. The van der Waals surface area contributed by atoms with Crippen molar-refractivity contribution in [3.8, 4) is 28.7 Å². The topological polar surface area (TPSA) is 94.5 Å². The van der Waals surface area contributed by atoms with Crippen molar-refractivity contribution in [3.05, 3.63) is 76.9 Å². The van der Waals surface area contributed by atoms with Gasteiger partial charge < -0.3 is 29.2 Å². The highest BCUT2D eigenvalue weighted by molar-refractivity contribution is 6.03. The molecule has 0 spiro atoms. The monoisotopic (exact) mass is 474 g/mol. The number of ketones is 1. The Morgan fingerprint density at radius 2 is 1.71 bits per heavy atom. The van der Waals surface area contributed by atoms with Gasteiger partial charge in [-0.25, -0.2) is 0 Å². The van der Waals surface area contributed by atoms with Gasteiger partial charge in [0.15, 0.2) is 5.78 Å². The minimum absolute atomic E-state index is 0.0110. The van der Waals surface area contributed by atoms with Gasteiger partial charge in [0.05, 0.1) is 25.6 Å². The SMILES string of the molecule is COc1cc2c(c3c1C(=O)C[C@@H](c1ccc(O)cc1)O3)[C@@H]1C[C@H](CCc3ccc(O)cc3)O[C@@H]1O2. The molecular formula is C28H26O7. The van der Waals surface area contributed by atoms with Crippen LogP contribution in [0.3, 0.4) is 0 Å². The van der Waals surface area contributed by atoms with Crippen molar-refractivity contribution in [3.63, 3.8) is 0 Å². The number of aromatic hydroxyl groups is 2. The van der Waals surface area contributed by atoms with E-state index in [9.17, 15) is 15.0 Å². The number of ether oxygens (including phenoxy) is 4. The van der Waals surface area contributed by atoms with Crippen molar-refractivity contribution in [2.75, 3.05) is 7.11 Å². The molecule has 180 valence electrons. The fraction of sp³-hybridized carbons (Fsp3) is 0.321. The summed E-state index contributed by atoms with van der Waals surface area (Å²) in [5, 5.41) is 19.1. The summed E-state index contributed by atoms with van der Waals surface area (Å²) < 4.78 is 24.4. The van der Waals surface area contributed by atoms with Gasteiger partial charge in [-0.05, 0) is 54.7 Å². The molecule has 0 unspecified atom stereocenters. The van der Waals surface area contributed by atoms with E-state index in [4.69, 9.17) is 18.9 Å². The van der Waals surface area contributed by atoms with E-state index in [-0.39, 0.29) is 35.7 Å². The molecule has 2 N–H and O–H groups in total. The average molecular weight is 475 g/mol. The summed E-state index contributed by atoms with van der Waals surface area (Å²) >= 11 is 0. The maximum absolute atomic E-state index is 13.3.